The van der Waals surface area contributed by atoms with E-state index in [0.717, 1.165) is 27.7 Å². The Bertz CT molecular complexity index is 699. The number of ether oxygens (including phenoxy) is 2. The van der Waals surface area contributed by atoms with E-state index in [1.807, 2.05) is 18.2 Å². The quantitative estimate of drug-likeness (QED) is 0.470. The van der Waals surface area contributed by atoms with Gasteiger partial charge < -0.3 is 9.47 Å². The summed E-state index contributed by atoms with van der Waals surface area (Å²) in [5.74, 6) is 2.86. The van der Waals surface area contributed by atoms with Crippen LogP contribution in [-0.2, 0) is 9.59 Å². The lowest BCUT2D eigenvalue weighted by atomic mass is 10.1. The number of carbonyl (C=O) groups is 2. The minimum absolute atomic E-state index is 0.178. The average Bonchev–Trinajstić information content (AvgIpc) is 3.01. The number of hydrogen-bond donors (Lipinski definition) is 0. The van der Waals surface area contributed by atoms with Crippen molar-refractivity contribution in [3.05, 3.63) is 39.6 Å². The van der Waals surface area contributed by atoms with Crippen LogP contribution in [-0.4, -0.2) is 29.9 Å². The Morgan fingerprint density at radius 3 is 2.61 bits per heavy atom. The van der Waals surface area contributed by atoms with Crippen LogP contribution in [0.1, 0.15) is 18.9 Å². The molecule has 6 heteroatoms. The number of benzene rings is 1. The van der Waals surface area contributed by atoms with E-state index in [-0.39, 0.29) is 18.4 Å². The van der Waals surface area contributed by atoms with Crippen molar-refractivity contribution in [1.82, 2.24) is 0 Å². The van der Waals surface area contributed by atoms with Crippen molar-refractivity contribution >= 4 is 41.2 Å². The topological polar surface area (TPSA) is 52.6 Å². The first-order valence-electron chi connectivity index (χ1n) is 7.28. The third-order valence-corrected chi connectivity index (χ3v) is 6.01. The fraction of sp³-hybridized carbons (Fsp3) is 0.294. The molecule has 1 aromatic carbocycles. The van der Waals surface area contributed by atoms with Crippen LogP contribution in [0.25, 0.3) is 6.08 Å². The molecule has 1 saturated heterocycles. The summed E-state index contributed by atoms with van der Waals surface area (Å²) in [6.45, 7) is 1.67. The number of thioether (sulfide) groups is 2. The molecular weight excluding hydrogens is 332 g/mol. The highest BCUT2D eigenvalue weighted by atomic mass is 32.2. The number of Topliss-reactive ketones (excluding diaryl/α,β-unsaturated/α-hetero) is 1. The maximum atomic E-state index is 12.4. The fourth-order valence-corrected chi connectivity index (χ4v) is 5.01. The van der Waals surface area contributed by atoms with Crippen molar-refractivity contribution in [3.8, 4) is 11.5 Å². The van der Waals surface area contributed by atoms with Gasteiger partial charge in [0.05, 0.1) is 9.81 Å². The minimum Gasteiger partial charge on any atom is -0.454 e. The van der Waals surface area contributed by atoms with Gasteiger partial charge in [0.25, 0.3) is 0 Å². The van der Waals surface area contributed by atoms with Gasteiger partial charge in [-0.2, -0.15) is 0 Å². The van der Waals surface area contributed by atoms with Gasteiger partial charge in [0.2, 0.25) is 6.79 Å². The summed E-state index contributed by atoms with van der Waals surface area (Å²) >= 11 is 3.19. The molecule has 0 unspecified atom stereocenters. The summed E-state index contributed by atoms with van der Waals surface area (Å²) in [7, 11) is 0. The van der Waals surface area contributed by atoms with E-state index in [2.05, 4.69) is 0 Å². The van der Waals surface area contributed by atoms with Crippen LogP contribution >= 0.6 is 23.5 Å². The van der Waals surface area contributed by atoms with Gasteiger partial charge in [0.15, 0.2) is 23.1 Å². The molecule has 4 nitrogen and oxygen atoms in total. The van der Waals surface area contributed by atoms with Gasteiger partial charge in [-0.15, -0.1) is 23.5 Å². The van der Waals surface area contributed by atoms with Crippen LogP contribution in [0.4, 0.5) is 0 Å². The van der Waals surface area contributed by atoms with E-state index in [9.17, 15) is 9.59 Å². The Hall–Kier alpha value is -1.66. The van der Waals surface area contributed by atoms with Gasteiger partial charge in [-0.05, 0) is 48.6 Å². The van der Waals surface area contributed by atoms with Gasteiger partial charge in [-0.25, -0.2) is 0 Å². The van der Waals surface area contributed by atoms with Gasteiger partial charge in [0.1, 0.15) is 0 Å². The van der Waals surface area contributed by atoms with Gasteiger partial charge in [-0.1, -0.05) is 12.1 Å². The lowest BCUT2D eigenvalue weighted by molar-refractivity contribution is -0.118. The number of fused-ring (bicyclic) bond motifs is 1. The molecule has 120 valence electrons. The summed E-state index contributed by atoms with van der Waals surface area (Å²) in [6, 6.07) is 5.47. The Morgan fingerprint density at radius 1 is 1.13 bits per heavy atom. The highest BCUT2D eigenvalue weighted by Gasteiger charge is 2.21. The number of carbonyl (C=O) groups excluding carboxylic acids is 2. The van der Waals surface area contributed by atoms with Crippen molar-refractivity contribution in [3.63, 3.8) is 0 Å². The predicted octanol–water partition coefficient (Wildman–Crippen LogP) is 3.67. The normalized spacial score (nSPS) is 16.7. The monoisotopic (exact) mass is 348 g/mol. The second-order valence-corrected chi connectivity index (χ2v) is 7.55. The molecule has 23 heavy (non-hydrogen) atoms. The van der Waals surface area contributed by atoms with Crippen molar-refractivity contribution < 1.29 is 19.1 Å². The Kier molecular flexibility index (Phi) is 5.13. The molecular formula is C17H16O4S2. The fourth-order valence-electron chi connectivity index (χ4n) is 2.26. The molecule has 0 spiro atoms. The molecule has 0 aliphatic carbocycles. The second-order valence-electron chi connectivity index (χ2n) is 5.08. The first-order chi connectivity index (χ1) is 11.1. The van der Waals surface area contributed by atoms with Crippen LogP contribution in [0.2, 0.25) is 0 Å². The molecule has 0 radical (unpaired) electrons. The van der Waals surface area contributed by atoms with E-state index in [1.54, 1.807) is 29.6 Å². The molecule has 0 atom stereocenters. The van der Waals surface area contributed by atoms with E-state index >= 15 is 0 Å². The zero-order chi connectivity index (χ0) is 16.2. The van der Waals surface area contributed by atoms with E-state index in [4.69, 9.17) is 9.47 Å². The Labute approximate surface area is 143 Å². The first kappa shape index (κ1) is 16.2. The zero-order valence-corrected chi connectivity index (χ0v) is 14.3. The Balaban J connectivity index is 1.80. The molecule has 0 saturated carbocycles. The molecule has 2 aliphatic rings. The van der Waals surface area contributed by atoms with Crippen LogP contribution in [0.3, 0.4) is 0 Å². The molecule has 0 bridgehead atoms. The van der Waals surface area contributed by atoms with Crippen molar-refractivity contribution in [2.24, 2.45) is 0 Å². The molecule has 3 rings (SSSR count). The predicted molar refractivity (Wildman–Crippen MR) is 93.8 cm³/mol. The highest BCUT2D eigenvalue weighted by molar-refractivity contribution is 8.22. The van der Waals surface area contributed by atoms with Crippen LogP contribution in [0.15, 0.2) is 34.1 Å². The maximum Gasteiger partial charge on any atom is 0.231 e. The highest BCUT2D eigenvalue weighted by Crippen LogP contribution is 2.38. The summed E-state index contributed by atoms with van der Waals surface area (Å²) in [5, 5.41) is 0. The van der Waals surface area contributed by atoms with Crippen molar-refractivity contribution in [2.45, 2.75) is 13.3 Å². The standard InChI is InChI=1S/C17H16O4S2/c1-11(18)16(17-22-7-2-8-23-17)13(19)5-3-12-4-6-14-15(9-12)21-10-20-14/h3-6,9H,2,7-8,10H2,1H3/b5-3+. The summed E-state index contributed by atoms with van der Waals surface area (Å²) in [4.78, 5) is 24.3. The average molecular weight is 348 g/mol. The van der Waals surface area contributed by atoms with Crippen molar-refractivity contribution in [2.75, 3.05) is 18.3 Å². The van der Waals surface area contributed by atoms with Crippen molar-refractivity contribution in [1.29, 1.82) is 0 Å². The van der Waals surface area contributed by atoms with Gasteiger partial charge in [-0.3, -0.25) is 9.59 Å². The molecule has 1 fully saturated rings. The van der Waals surface area contributed by atoms with E-state index in [1.165, 1.54) is 13.0 Å². The van der Waals surface area contributed by atoms with Crippen LogP contribution in [0, 0.1) is 0 Å². The summed E-state index contributed by atoms with van der Waals surface area (Å²) in [6.07, 6.45) is 4.26. The SMILES string of the molecule is CC(=O)C(C(=O)/C=C/c1ccc2c(c1)OCO2)=C1SCCCS1. The minimum atomic E-state index is -0.243. The maximum absolute atomic E-state index is 12.4. The molecule has 0 aromatic heterocycles. The number of allylic oxidation sites excluding steroid dienone is 2. The molecule has 2 heterocycles. The Morgan fingerprint density at radius 2 is 1.87 bits per heavy atom. The third-order valence-electron chi connectivity index (χ3n) is 3.38. The van der Waals surface area contributed by atoms with E-state index in [0.29, 0.717) is 17.1 Å². The van der Waals surface area contributed by atoms with Gasteiger partial charge >= 0.3 is 0 Å². The van der Waals surface area contributed by atoms with Crippen LogP contribution in [0.5, 0.6) is 11.5 Å². The summed E-state index contributed by atoms with van der Waals surface area (Å²) < 4.78 is 11.4. The number of hydrogen-bond acceptors (Lipinski definition) is 6. The van der Waals surface area contributed by atoms with Crippen LogP contribution < -0.4 is 9.47 Å². The summed E-state index contributed by atoms with van der Waals surface area (Å²) in [5.41, 5.74) is 1.14. The molecule has 2 aliphatic heterocycles. The molecule has 0 N–H and O–H groups in total. The second kappa shape index (κ2) is 7.27. The van der Waals surface area contributed by atoms with Gasteiger partial charge in [0, 0.05) is 0 Å². The number of rotatable bonds is 4. The molecule has 1 aromatic rings. The third kappa shape index (κ3) is 3.82. The number of ketones is 2. The lowest BCUT2D eigenvalue weighted by Gasteiger charge is -2.15. The smallest absolute Gasteiger partial charge is 0.231 e. The van der Waals surface area contributed by atoms with E-state index < -0.39 is 0 Å². The lowest BCUT2D eigenvalue weighted by Crippen LogP contribution is -2.11. The zero-order valence-electron chi connectivity index (χ0n) is 12.7. The largest absolute Gasteiger partial charge is 0.454 e. The molecule has 0 amide bonds. The first-order valence-corrected chi connectivity index (χ1v) is 9.25.